The zero-order chi connectivity index (χ0) is 17.0. The molecule has 0 bridgehead atoms. The van der Waals surface area contributed by atoms with Crippen molar-refractivity contribution >= 4 is 9.84 Å². The Labute approximate surface area is 137 Å². The van der Waals surface area contributed by atoms with Gasteiger partial charge in [0.15, 0.2) is 21.3 Å². The highest BCUT2D eigenvalue weighted by Crippen LogP contribution is 2.41. The molecular formula is C16H24O6S. The molecule has 0 radical (unpaired) electrons. The fraction of sp³-hybridized carbons (Fsp3) is 0.625. The van der Waals surface area contributed by atoms with Crippen LogP contribution in [0.2, 0.25) is 0 Å². The number of ether oxygens (including phenoxy) is 3. The largest absolute Gasteiger partial charge is 0.493 e. The Kier molecular flexibility index (Phi) is 5.89. The molecule has 130 valence electrons. The number of rotatable bonds is 7. The fourth-order valence-electron chi connectivity index (χ4n) is 2.64. The zero-order valence-corrected chi connectivity index (χ0v) is 14.6. The highest BCUT2D eigenvalue weighted by atomic mass is 32.2. The summed E-state index contributed by atoms with van der Waals surface area (Å²) in [4.78, 5) is 0.108. The van der Waals surface area contributed by atoms with Crippen molar-refractivity contribution in [3.8, 4) is 11.5 Å². The van der Waals surface area contributed by atoms with Crippen molar-refractivity contribution in [3.05, 3.63) is 17.7 Å². The van der Waals surface area contributed by atoms with Gasteiger partial charge in [0.2, 0.25) is 0 Å². The molecule has 0 aliphatic carbocycles. The van der Waals surface area contributed by atoms with Crippen molar-refractivity contribution in [3.63, 3.8) is 0 Å². The maximum absolute atomic E-state index is 12.2. The monoisotopic (exact) mass is 344 g/mol. The first kappa shape index (κ1) is 18.0. The Bertz CT molecular complexity index is 640. The second-order valence-electron chi connectivity index (χ2n) is 5.68. The molecule has 1 aromatic rings. The molecule has 23 heavy (non-hydrogen) atoms. The Morgan fingerprint density at radius 1 is 1.35 bits per heavy atom. The summed E-state index contributed by atoms with van der Waals surface area (Å²) < 4.78 is 41.0. The van der Waals surface area contributed by atoms with E-state index < -0.39 is 9.84 Å². The third-order valence-electron chi connectivity index (χ3n) is 3.80. The molecule has 1 aliphatic rings. The van der Waals surface area contributed by atoms with E-state index in [0.29, 0.717) is 12.4 Å². The molecule has 1 heterocycles. The molecule has 1 N–H and O–H groups in total. The van der Waals surface area contributed by atoms with E-state index in [0.717, 1.165) is 31.1 Å². The van der Waals surface area contributed by atoms with Crippen molar-refractivity contribution in [1.82, 2.24) is 0 Å². The van der Waals surface area contributed by atoms with Gasteiger partial charge in [-0.05, 0) is 37.0 Å². The van der Waals surface area contributed by atoms with Crippen LogP contribution < -0.4 is 9.47 Å². The number of methoxy groups -OCH3 is 1. The minimum atomic E-state index is -3.48. The van der Waals surface area contributed by atoms with Gasteiger partial charge in [0.05, 0.1) is 32.5 Å². The first-order chi connectivity index (χ1) is 10.9. The molecule has 2 atom stereocenters. The topological polar surface area (TPSA) is 82.1 Å². The van der Waals surface area contributed by atoms with Crippen molar-refractivity contribution in [2.45, 2.75) is 43.3 Å². The minimum absolute atomic E-state index is 0.0374. The second kappa shape index (κ2) is 7.51. The SMILES string of the molecule is CCCOc1c(OC)cc(C2CCC(CO)O2)cc1S(C)(=O)=O. The zero-order valence-electron chi connectivity index (χ0n) is 13.7. The predicted octanol–water partition coefficient (Wildman–Crippen LogP) is 2.10. The summed E-state index contributed by atoms with van der Waals surface area (Å²) in [5, 5.41) is 9.19. The molecule has 6 nitrogen and oxygen atoms in total. The van der Waals surface area contributed by atoms with Crippen LogP contribution in [-0.4, -0.2) is 46.2 Å². The number of sulfone groups is 1. The number of hydrogen-bond acceptors (Lipinski definition) is 6. The maximum Gasteiger partial charge on any atom is 0.179 e. The van der Waals surface area contributed by atoms with Crippen LogP contribution >= 0.6 is 0 Å². The van der Waals surface area contributed by atoms with Gasteiger partial charge in [-0.2, -0.15) is 0 Å². The van der Waals surface area contributed by atoms with E-state index in [1.165, 1.54) is 7.11 Å². The van der Waals surface area contributed by atoms with Crippen LogP contribution in [0.5, 0.6) is 11.5 Å². The number of benzene rings is 1. The summed E-state index contributed by atoms with van der Waals surface area (Å²) >= 11 is 0. The normalized spacial score (nSPS) is 21.4. The smallest absolute Gasteiger partial charge is 0.179 e. The van der Waals surface area contributed by atoms with Crippen LogP contribution in [0.1, 0.15) is 37.9 Å². The fourth-order valence-corrected chi connectivity index (χ4v) is 3.49. The molecule has 2 unspecified atom stereocenters. The Morgan fingerprint density at radius 2 is 2.09 bits per heavy atom. The average molecular weight is 344 g/mol. The third kappa shape index (κ3) is 4.16. The lowest BCUT2D eigenvalue weighted by molar-refractivity contribution is 0.0108. The Hall–Kier alpha value is -1.31. The molecule has 7 heteroatoms. The highest BCUT2D eigenvalue weighted by molar-refractivity contribution is 7.90. The van der Waals surface area contributed by atoms with Gasteiger partial charge in [0, 0.05) is 6.26 Å². The lowest BCUT2D eigenvalue weighted by Crippen LogP contribution is -2.12. The first-order valence-electron chi connectivity index (χ1n) is 7.71. The highest BCUT2D eigenvalue weighted by Gasteiger charge is 2.29. The molecule has 1 aliphatic heterocycles. The summed E-state index contributed by atoms with van der Waals surface area (Å²) in [5.41, 5.74) is 0.724. The van der Waals surface area contributed by atoms with Gasteiger partial charge in [-0.1, -0.05) is 6.92 Å². The van der Waals surface area contributed by atoms with Crippen molar-refractivity contribution < 1.29 is 27.7 Å². The molecule has 0 spiro atoms. The van der Waals surface area contributed by atoms with Gasteiger partial charge in [-0.15, -0.1) is 0 Å². The lowest BCUT2D eigenvalue weighted by atomic mass is 10.1. The van der Waals surface area contributed by atoms with E-state index in [1.807, 2.05) is 6.92 Å². The van der Waals surface area contributed by atoms with Crippen LogP contribution in [0.15, 0.2) is 17.0 Å². The van der Waals surface area contributed by atoms with Crippen molar-refractivity contribution in [1.29, 1.82) is 0 Å². The first-order valence-corrected chi connectivity index (χ1v) is 9.61. The molecule has 1 fully saturated rings. The third-order valence-corrected chi connectivity index (χ3v) is 4.90. The number of hydrogen-bond donors (Lipinski definition) is 1. The predicted molar refractivity (Wildman–Crippen MR) is 85.8 cm³/mol. The summed E-state index contributed by atoms with van der Waals surface area (Å²) in [6.07, 6.45) is 2.93. The molecule has 0 saturated carbocycles. The van der Waals surface area contributed by atoms with Crippen LogP contribution in [-0.2, 0) is 14.6 Å². The summed E-state index contributed by atoms with van der Waals surface area (Å²) in [7, 11) is -2.00. The minimum Gasteiger partial charge on any atom is -0.493 e. The maximum atomic E-state index is 12.2. The standard InChI is InChI=1S/C16H24O6S/c1-4-7-21-16-14(20-2)8-11(9-15(16)23(3,18)19)13-6-5-12(10-17)22-13/h8-9,12-13,17H,4-7,10H2,1-3H3. The van der Waals surface area contributed by atoms with Crippen molar-refractivity contribution in [2.75, 3.05) is 26.6 Å². The summed E-state index contributed by atoms with van der Waals surface area (Å²) in [6.45, 7) is 2.32. The van der Waals surface area contributed by atoms with Crippen LogP contribution in [0, 0.1) is 0 Å². The van der Waals surface area contributed by atoms with Crippen molar-refractivity contribution in [2.24, 2.45) is 0 Å². The quantitative estimate of drug-likeness (QED) is 0.816. The molecule has 0 amide bonds. The van der Waals surface area contributed by atoms with Gasteiger partial charge in [-0.25, -0.2) is 8.42 Å². The van der Waals surface area contributed by atoms with Crippen LogP contribution in [0.4, 0.5) is 0 Å². The van der Waals surface area contributed by atoms with E-state index in [1.54, 1.807) is 12.1 Å². The van der Waals surface area contributed by atoms with E-state index >= 15 is 0 Å². The van der Waals surface area contributed by atoms with Gasteiger partial charge in [0.1, 0.15) is 4.90 Å². The average Bonchev–Trinajstić information content (AvgIpc) is 3.00. The van der Waals surface area contributed by atoms with Gasteiger partial charge in [-0.3, -0.25) is 0 Å². The molecule has 0 aromatic heterocycles. The number of aliphatic hydroxyl groups is 1. The van der Waals surface area contributed by atoms with E-state index in [-0.39, 0.29) is 29.5 Å². The van der Waals surface area contributed by atoms with Gasteiger partial charge < -0.3 is 19.3 Å². The van der Waals surface area contributed by atoms with E-state index in [9.17, 15) is 13.5 Å². The van der Waals surface area contributed by atoms with Crippen LogP contribution in [0.3, 0.4) is 0 Å². The second-order valence-corrected chi connectivity index (χ2v) is 7.66. The van der Waals surface area contributed by atoms with E-state index in [2.05, 4.69) is 0 Å². The summed E-state index contributed by atoms with van der Waals surface area (Å²) in [6, 6.07) is 3.34. The molecule has 2 rings (SSSR count). The Balaban J connectivity index is 2.46. The van der Waals surface area contributed by atoms with E-state index in [4.69, 9.17) is 14.2 Å². The van der Waals surface area contributed by atoms with Gasteiger partial charge >= 0.3 is 0 Å². The number of aliphatic hydroxyl groups excluding tert-OH is 1. The van der Waals surface area contributed by atoms with Crippen LogP contribution in [0.25, 0.3) is 0 Å². The Morgan fingerprint density at radius 3 is 2.61 bits per heavy atom. The molecule has 1 saturated heterocycles. The molecular weight excluding hydrogens is 320 g/mol. The lowest BCUT2D eigenvalue weighted by Gasteiger charge is -2.19. The summed E-state index contributed by atoms with van der Waals surface area (Å²) in [5.74, 6) is 0.629. The van der Waals surface area contributed by atoms with Gasteiger partial charge in [0.25, 0.3) is 0 Å². The molecule has 1 aromatic carbocycles.